The Labute approximate surface area is 74.4 Å². The third-order valence-electron chi connectivity index (χ3n) is 2.63. The normalized spacial score (nSPS) is 18.4. The van der Waals surface area contributed by atoms with Crippen LogP contribution in [0.5, 0.6) is 0 Å². The van der Waals surface area contributed by atoms with E-state index in [0.717, 1.165) is 38.2 Å². The molecule has 0 amide bonds. The maximum absolute atomic E-state index is 6.18. The van der Waals surface area contributed by atoms with Gasteiger partial charge in [0.2, 0.25) is 0 Å². The van der Waals surface area contributed by atoms with E-state index < -0.39 is 0 Å². The summed E-state index contributed by atoms with van der Waals surface area (Å²) in [5, 5.41) is 3.29. The minimum atomic E-state index is -0.208. The summed E-state index contributed by atoms with van der Waals surface area (Å²) in [5.41, 5.74) is 5.97. The Hall–Kier alpha value is -0.570. The average Bonchev–Trinajstić information content (AvgIpc) is 2.18. The predicted molar refractivity (Wildman–Crippen MR) is 52.4 cm³/mol. The van der Waals surface area contributed by atoms with Crippen molar-refractivity contribution in [2.24, 2.45) is 10.7 Å². The minimum absolute atomic E-state index is 0.208. The van der Waals surface area contributed by atoms with Crippen LogP contribution in [-0.2, 0) is 0 Å². The quantitative estimate of drug-likeness (QED) is 0.659. The Balaban J connectivity index is 2.70. The molecule has 0 aliphatic carbocycles. The van der Waals surface area contributed by atoms with Crippen LogP contribution < -0.4 is 11.1 Å². The fourth-order valence-electron chi connectivity index (χ4n) is 1.45. The van der Waals surface area contributed by atoms with Crippen LogP contribution in [0.2, 0.25) is 0 Å². The third kappa shape index (κ3) is 1.78. The molecule has 3 N–H and O–H groups in total. The summed E-state index contributed by atoms with van der Waals surface area (Å²) in [6.07, 6.45) is 3.04. The van der Waals surface area contributed by atoms with E-state index in [1.807, 2.05) is 0 Å². The molecule has 0 bridgehead atoms. The first-order valence-electron chi connectivity index (χ1n) is 4.80. The lowest BCUT2D eigenvalue weighted by Gasteiger charge is -2.31. The van der Waals surface area contributed by atoms with Crippen LogP contribution in [-0.4, -0.2) is 24.5 Å². The maximum atomic E-state index is 6.18. The second-order valence-electron chi connectivity index (χ2n) is 3.37. The molecule has 3 nitrogen and oxygen atoms in total. The summed E-state index contributed by atoms with van der Waals surface area (Å²) in [6, 6.07) is 0. The zero-order valence-corrected chi connectivity index (χ0v) is 8.06. The number of nitrogens with two attached hydrogens (primary N) is 1. The molecule has 0 fully saturated rings. The lowest BCUT2D eigenvalue weighted by Crippen LogP contribution is -2.54. The van der Waals surface area contributed by atoms with Crippen LogP contribution in [0.1, 0.15) is 33.1 Å². The monoisotopic (exact) mass is 169 g/mol. The van der Waals surface area contributed by atoms with E-state index in [0.29, 0.717) is 0 Å². The fourth-order valence-corrected chi connectivity index (χ4v) is 1.45. The topological polar surface area (TPSA) is 50.4 Å². The lowest BCUT2D eigenvalue weighted by atomic mass is 9.92. The standard InChI is InChI=1S/C9H19N3/c1-3-9(10,4-2)8-11-6-5-7-12-8/h3-7,10H2,1-2H3,(H,11,12). The van der Waals surface area contributed by atoms with Gasteiger partial charge in [0, 0.05) is 13.1 Å². The fraction of sp³-hybridized carbons (Fsp3) is 0.889. The van der Waals surface area contributed by atoms with Gasteiger partial charge in [0.25, 0.3) is 0 Å². The molecular weight excluding hydrogens is 150 g/mol. The Bertz CT molecular complexity index is 171. The zero-order valence-electron chi connectivity index (χ0n) is 8.06. The van der Waals surface area contributed by atoms with E-state index >= 15 is 0 Å². The molecule has 0 spiro atoms. The van der Waals surface area contributed by atoms with Gasteiger partial charge < -0.3 is 11.1 Å². The van der Waals surface area contributed by atoms with Gasteiger partial charge in [0.05, 0.1) is 5.54 Å². The molecule has 1 aliphatic rings. The highest BCUT2D eigenvalue weighted by atomic mass is 15.1. The maximum Gasteiger partial charge on any atom is 0.116 e. The molecule has 0 saturated heterocycles. The van der Waals surface area contributed by atoms with Gasteiger partial charge in [0.1, 0.15) is 5.84 Å². The Morgan fingerprint density at radius 1 is 1.50 bits per heavy atom. The van der Waals surface area contributed by atoms with Crippen molar-refractivity contribution in [1.82, 2.24) is 5.32 Å². The van der Waals surface area contributed by atoms with Crippen LogP contribution in [0.25, 0.3) is 0 Å². The van der Waals surface area contributed by atoms with Gasteiger partial charge >= 0.3 is 0 Å². The van der Waals surface area contributed by atoms with Crippen molar-refractivity contribution in [2.45, 2.75) is 38.6 Å². The molecule has 1 rings (SSSR count). The Kier molecular flexibility index (Phi) is 3.09. The Morgan fingerprint density at radius 3 is 2.58 bits per heavy atom. The van der Waals surface area contributed by atoms with Crippen molar-refractivity contribution < 1.29 is 0 Å². The third-order valence-corrected chi connectivity index (χ3v) is 2.63. The largest absolute Gasteiger partial charge is 0.372 e. The summed E-state index contributed by atoms with van der Waals surface area (Å²) >= 11 is 0. The van der Waals surface area contributed by atoms with Gasteiger partial charge in [-0.3, -0.25) is 4.99 Å². The van der Waals surface area contributed by atoms with E-state index in [1.165, 1.54) is 0 Å². The molecule has 0 saturated carbocycles. The van der Waals surface area contributed by atoms with Gasteiger partial charge in [-0.25, -0.2) is 0 Å². The van der Waals surface area contributed by atoms with Gasteiger partial charge in [-0.15, -0.1) is 0 Å². The minimum Gasteiger partial charge on any atom is -0.372 e. The molecule has 0 aromatic rings. The van der Waals surface area contributed by atoms with Gasteiger partial charge in [-0.2, -0.15) is 0 Å². The Morgan fingerprint density at radius 2 is 2.17 bits per heavy atom. The van der Waals surface area contributed by atoms with Crippen LogP contribution in [0.3, 0.4) is 0 Å². The number of amidine groups is 1. The van der Waals surface area contributed by atoms with Crippen molar-refractivity contribution in [3.63, 3.8) is 0 Å². The first-order valence-corrected chi connectivity index (χ1v) is 4.80. The highest BCUT2D eigenvalue weighted by Crippen LogP contribution is 2.13. The summed E-state index contributed by atoms with van der Waals surface area (Å²) < 4.78 is 0. The summed E-state index contributed by atoms with van der Waals surface area (Å²) in [6.45, 7) is 6.18. The van der Waals surface area contributed by atoms with Crippen molar-refractivity contribution in [2.75, 3.05) is 13.1 Å². The van der Waals surface area contributed by atoms with Crippen molar-refractivity contribution in [3.05, 3.63) is 0 Å². The number of aliphatic imine (C=N–C) groups is 1. The number of rotatable bonds is 3. The zero-order chi connectivity index (χ0) is 9.03. The van der Waals surface area contributed by atoms with Crippen molar-refractivity contribution >= 4 is 5.84 Å². The van der Waals surface area contributed by atoms with Crippen molar-refractivity contribution in [1.29, 1.82) is 0 Å². The number of nitrogens with zero attached hydrogens (tertiary/aromatic N) is 1. The highest BCUT2D eigenvalue weighted by Gasteiger charge is 2.27. The molecule has 0 atom stereocenters. The second kappa shape index (κ2) is 3.90. The summed E-state index contributed by atoms with van der Waals surface area (Å²) in [7, 11) is 0. The van der Waals surface area contributed by atoms with Gasteiger partial charge in [0.15, 0.2) is 0 Å². The first kappa shape index (κ1) is 9.52. The molecule has 0 aromatic carbocycles. The second-order valence-corrected chi connectivity index (χ2v) is 3.37. The van der Waals surface area contributed by atoms with Crippen LogP contribution in [0, 0.1) is 0 Å². The molecule has 12 heavy (non-hydrogen) atoms. The van der Waals surface area contributed by atoms with Crippen LogP contribution >= 0.6 is 0 Å². The smallest absolute Gasteiger partial charge is 0.116 e. The summed E-state index contributed by atoms with van der Waals surface area (Å²) in [5.74, 6) is 1.01. The van der Waals surface area contributed by atoms with Crippen molar-refractivity contribution in [3.8, 4) is 0 Å². The van der Waals surface area contributed by atoms with Crippen LogP contribution in [0.4, 0.5) is 0 Å². The lowest BCUT2D eigenvalue weighted by molar-refractivity contribution is 0.500. The number of hydrogen-bond acceptors (Lipinski definition) is 3. The summed E-state index contributed by atoms with van der Waals surface area (Å²) in [4.78, 5) is 4.42. The predicted octanol–water partition coefficient (Wildman–Crippen LogP) is 0.896. The van der Waals surface area contributed by atoms with E-state index in [2.05, 4.69) is 24.2 Å². The molecular formula is C9H19N3. The number of nitrogens with one attached hydrogen (secondary N) is 1. The number of hydrogen-bond donors (Lipinski definition) is 2. The van der Waals surface area contributed by atoms with E-state index in [-0.39, 0.29) is 5.54 Å². The SMILES string of the molecule is CCC(N)(CC)C1=NCCCN1. The first-order chi connectivity index (χ1) is 5.73. The highest BCUT2D eigenvalue weighted by molar-refractivity contribution is 5.91. The molecule has 0 radical (unpaired) electrons. The van der Waals surface area contributed by atoms with E-state index in [1.54, 1.807) is 0 Å². The van der Waals surface area contributed by atoms with E-state index in [4.69, 9.17) is 5.73 Å². The van der Waals surface area contributed by atoms with Crippen LogP contribution in [0.15, 0.2) is 4.99 Å². The molecule has 0 aromatic heterocycles. The van der Waals surface area contributed by atoms with Gasteiger partial charge in [-0.1, -0.05) is 13.8 Å². The molecule has 70 valence electrons. The molecule has 1 heterocycles. The molecule has 0 unspecified atom stereocenters. The van der Waals surface area contributed by atoms with Gasteiger partial charge in [-0.05, 0) is 19.3 Å². The van der Waals surface area contributed by atoms with E-state index in [9.17, 15) is 0 Å². The molecule has 3 heteroatoms. The molecule has 1 aliphatic heterocycles. The average molecular weight is 169 g/mol.